The average molecular weight is 237 g/mol. The molecule has 0 saturated heterocycles. The first-order valence-electron chi connectivity index (χ1n) is 5.46. The molecule has 0 aromatic carbocycles. The number of nitrogens with two attached hydrogens (primary N) is 1. The third-order valence-electron chi connectivity index (χ3n) is 2.04. The summed E-state index contributed by atoms with van der Waals surface area (Å²) in [6, 6.07) is 0. The fourth-order valence-electron chi connectivity index (χ4n) is 1.01. The molecular weight excluding hydrogens is 214 g/mol. The van der Waals surface area contributed by atoms with E-state index >= 15 is 0 Å². The summed E-state index contributed by atoms with van der Waals surface area (Å²) in [5.41, 5.74) is 5.25. The van der Waals surface area contributed by atoms with Gasteiger partial charge in [0.2, 0.25) is 0 Å². The van der Waals surface area contributed by atoms with Crippen molar-refractivity contribution >= 4 is 9.84 Å². The molecule has 0 unspecified atom stereocenters. The van der Waals surface area contributed by atoms with Gasteiger partial charge < -0.3 is 10.5 Å². The lowest BCUT2D eigenvalue weighted by molar-refractivity contribution is 0.137. The zero-order valence-electron chi connectivity index (χ0n) is 9.74. The monoisotopic (exact) mass is 237 g/mol. The molecule has 15 heavy (non-hydrogen) atoms. The van der Waals surface area contributed by atoms with Crippen molar-refractivity contribution in [1.82, 2.24) is 0 Å². The molecule has 0 radical (unpaired) electrons. The van der Waals surface area contributed by atoms with Crippen molar-refractivity contribution in [2.45, 2.75) is 26.7 Å². The Morgan fingerprint density at radius 1 is 1.20 bits per heavy atom. The maximum Gasteiger partial charge on any atom is 0.152 e. The first kappa shape index (κ1) is 14.9. The quantitative estimate of drug-likeness (QED) is 0.603. The van der Waals surface area contributed by atoms with Crippen LogP contribution >= 0.6 is 0 Å². The highest BCUT2D eigenvalue weighted by molar-refractivity contribution is 7.91. The summed E-state index contributed by atoms with van der Waals surface area (Å²) in [5.74, 6) is 0.890. The molecule has 2 N–H and O–H groups in total. The predicted octanol–water partition coefficient (Wildman–Crippen LogP) is 0.813. The van der Waals surface area contributed by atoms with Gasteiger partial charge in [-0.25, -0.2) is 8.42 Å². The highest BCUT2D eigenvalue weighted by Crippen LogP contribution is 1.99. The van der Waals surface area contributed by atoms with Gasteiger partial charge >= 0.3 is 0 Å². The predicted molar refractivity (Wildman–Crippen MR) is 62.6 cm³/mol. The van der Waals surface area contributed by atoms with Crippen molar-refractivity contribution in [2.24, 2.45) is 11.7 Å². The van der Waals surface area contributed by atoms with Crippen LogP contribution in [-0.2, 0) is 14.6 Å². The molecule has 0 aliphatic carbocycles. The summed E-state index contributed by atoms with van der Waals surface area (Å²) >= 11 is 0. The maximum absolute atomic E-state index is 11.4. The van der Waals surface area contributed by atoms with E-state index in [1.165, 1.54) is 0 Å². The summed E-state index contributed by atoms with van der Waals surface area (Å²) in [6.07, 6.45) is 1.51. The molecule has 0 aromatic rings. The SMILES string of the molecule is CC(C)CCOCCS(=O)(=O)CCCN. The molecule has 5 heteroatoms. The first-order chi connectivity index (χ1) is 6.98. The molecule has 0 rings (SSSR count). The van der Waals surface area contributed by atoms with Crippen LogP contribution in [0.2, 0.25) is 0 Å². The van der Waals surface area contributed by atoms with Crippen LogP contribution in [0.1, 0.15) is 26.7 Å². The van der Waals surface area contributed by atoms with Gasteiger partial charge in [-0.1, -0.05) is 13.8 Å². The fourth-order valence-corrected chi connectivity index (χ4v) is 2.19. The number of hydrogen-bond acceptors (Lipinski definition) is 4. The van der Waals surface area contributed by atoms with Gasteiger partial charge in [-0.15, -0.1) is 0 Å². The van der Waals surface area contributed by atoms with Crippen LogP contribution in [-0.4, -0.2) is 39.7 Å². The summed E-state index contributed by atoms with van der Waals surface area (Å²) < 4.78 is 28.0. The lowest BCUT2D eigenvalue weighted by Gasteiger charge is -2.06. The Kier molecular flexibility index (Phi) is 8.00. The Hall–Kier alpha value is -0.130. The molecule has 0 aliphatic heterocycles. The Morgan fingerprint density at radius 2 is 1.87 bits per heavy atom. The van der Waals surface area contributed by atoms with Gasteiger partial charge in [0.15, 0.2) is 9.84 Å². The standard InChI is InChI=1S/C10H23NO3S/c1-10(2)4-6-14-7-9-15(12,13)8-3-5-11/h10H,3-9,11H2,1-2H3. The highest BCUT2D eigenvalue weighted by Gasteiger charge is 2.09. The van der Waals surface area contributed by atoms with Crippen LogP contribution in [0.4, 0.5) is 0 Å². The molecule has 0 fully saturated rings. The molecule has 0 saturated carbocycles. The molecule has 4 nitrogen and oxygen atoms in total. The molecule has 0 aromatic heterocycles. The first-order valence-corrected chi connectivity index (χ1v) is 7.28. The molecule has 0 heterocycles. The Balaban J connectivity index is 3.49. The maximum atomic E-state index is 11.4. The third-order valence-corrected chi connectivity index (χ3v) is 3.74. The second-order valence-corrected chi connectivity index (χ2v) is 6.39. The number of ether oxygens (including phenoxy) is 1. The Morgan fingerprint density at radius 3 is 2.40 bits per heavy atom. The van der Waals surface area contributed by atoms with E-state index in [-0.39, 0.29) is 11.5 Å². The summed E-state index contributed by atoms with van der Waals surface area (Å²) in [7, 11) is -2.95. The van der Waals surface area contributed by atoms with Crippen molar-refractivity contribution in [3.63, 3.8) is 0 Å². The van der Waals surface area contributed by atoms with Crippen LogP contribution in [0.25, 0.3) is 0 Å². The van der Waals surface area contributed by atoms with E-state index in [0.717, 1.165) is 6.42 Å². The summed E-state index contributed by atoms with van der Waals surface area (Å²) in [4.78, 5) is 0. The van der Waals surface area contributed by atoms with E-state index in [9.17, 15) is 8.42 Å². The molecule has 0 atom stereocenters. The molecule has 0 aliphatic rings. The van der Waals surface area contributed by atoms with Gasteiger partial charge in [-0.2, -0.15) is 0 Å². The van der Waals surface area contributed by atoms with Gasteiger partial charge in [0.25, 0.3) is 0 Å². The van der Waals surface area contributed by atoms with Crippen LogP contribution in [0.5, 0.6) is 0 Å². The molecule has 0 spiro atoms. The van der Waals surface area contributed by atoms with Crippen molar-refractivity contribution < 1.29 is 13.2 Å². The van der Waals surface area contributed by atoms with E-state index in [0.29, 0.717) is 32.1 Å². The second-order valence-electron chi connectivity index (χ2n) is 4.09. The van der Waals surface area contributed by atoms with E-state index in [4.69, 9.17) is 10.5 Å². The van der Waals surface area contributed by atoms with E-state index in [1.54, 1.807) is 0 Å². The number of rotatable bonds is 9. The third kappa shape index (κ3) is 10.2. The lowest BCUT2D eigenvalue weighted by Crippen LogP contribution is -2.18. The normalized spacial score (nSPS) is 12.3. The minimum Gasteiger partial charge on any atom is -0.380 e. The number of sulfone groups is 1. The smallest absolute Gasteiger partial charge is 0.152 e. The van der Waals surface area contributed by atoms with Crippen LogP contribution < -0.4 is 5.73 Å². The van der Waals surface area contributed by atoms with Crippen LogP contribution in [0.3, 0.4) is 0 Å². The Labute approximate surface area is 93.1 Å². The largest absolute Gasteiger partial charge is 0.380 e. The van der Waals surface area contributed by atoms with Gasteiger partial charge in [0.1, 0.15) is 0 Å². The topological polar surface area (TPSA) is 69.4 Å². The molecule has 0 bridgehead atoms. The zero-order chi connectivity index (χ0) is 11.7. The van der Waals surface area contributed by atoms with Crippen molar-refractivity contribution in [2.75, 3.05) is 31.3 Å². The van der Waals surface area contributed by atoms with Gasteiger partial charge in [-0.05, 0) is 25.3 Å². The van der Waals surface area contributed by atoms with E-state index < -0.39 is 9.84 Å². The van der Waals surface area contributed by atoms with Crippen molar-refractivity contribution in [3.8, 4) is 0 Å². The van der Waals surface area contributed by atoms with Crippen molar-refractivity contribution in [3.05, 3.63) is 0 Å². The minimum atomic E-state index is -2.95. The lowest BCUT2D eigenvalue weighted by atomic mass is 10.1. The summed E-state index contributed by atoms with van der Waals surface area (Å²) in [5, 5.41) is 0. The zero-order valence-corrected chi connectivity index (χ0v) is 10.6. The van der Waals surface area contributed by atoms with Gasteiger partial charge in [0.05, 0.1) is 18.1 Å². The number of hydrogen-bond donors (Lipinski definition) is 1. The second kappa shape index (κ2) is 8.07. The molecule has 0 amide bonds. The van der Waals surface area contributed by atoms with Gasteiger partial charge in [0, 0.05) is 6.61 Å². The van der Waals surface area contributed by atoms with Crippen LogP contribution in [0, 0.1) is 5.92 Å². The van der Waals surface area contributed by atoms with E-state index in [1.807, 2.05) is 0 Å². The fraction of sp³-hybridized carbons (Fsp3) is 1.00. The average Bonchev–Trinajstić information content (AvgIpc) is 2.14. The summed E-state index contributed by atoms with van der Waals surface area (Å²) in [6.45, 7) is 5.60. The van der Waals surface area contributed by atoms with E-state index in [2.05, 4.69) is 13.8 Å². The molecule has 92 valence electrons. The van der Waals surface area contributed by atoms with Crippen molar-refractivity contribution in [1.29, 1.82) is 0 Å². The Bertz CT molecular complexity index is 237. The van der Waals surface area contributed by atoms with Gasteiger partial charge in [-0.3, -0.25) is 0 Å². The highest BCUT2D eigenvalue weighted by atomic mass is 32.2. The minimum absolute atomic E-state index is 0.116. The molecular formula is C10H23NO3S. The van der Waals surface area contributed by atoms with Crippen LogP contribution in [0.15, 0.2) is 0 Å².